The fourth-order valence-corrected chi connectivity index (χ4v) is 5.15. The van der Waals surface area contributed by atoms with Crippen molar-refractivity contribution in [3.63, 3.8) is 0 Å². The summed E-state index contributed by atoms with van der Waals surface area (Å²) >= 11 is 0. The van der Waals surface area contributed by atoms with Crippen LogP contribution in [0.5, 0.6) is 11.5 Å². The van der Waals surface area contributed by atoms with Crippen molar-refractivity contribution in [3.05, 3.63) is 18.2 Å². The number of carbonyl (C=O) groups excluding carboxylic acids is 1. The molecule has 1 saturated carbocycles. The number of piperidine rings is 1. The van der Waals surface area contributed by atoms with Crippen LogP contribution >= 0.6 is 0 Å². The van der Waals surface area contributed by atoms with Crippen LogP contribution in [-0.2, 0) is 4.79 Å². The van der Waals surface area contributed by atoms with Crippen molar-refractivity contribution in [3.8, 4) is 11.5 Å². The molecule has 1 aromatic carbocycles. The number of anilines is 1. The molecule has 4 unspecified atom stereocenters. The number of amides is 1. The van der Waals surface area contributed by atoms with Crippen LogP contribution in [0.4, 0.5) is 5.69 Å². The van der Waals surface area contributed by atoms with Gasteiger partial charge in [0.2, 0.25) is 5.91 Å². The zero-order valence-electron chi connectivity index (χ0n) is 16.3. The van der Waals surface area contributed by atoms with E-state index in [4.69, 9.17) is 9.47 Å². The number of benzene rings is 1. The van der Waals surface area contributed by atoms with Gasteiger partial charge in [-0.1, -0.05) is 12.8 Å². The standard InChI is InChI=1S/C21H30N4O3/c26-21(20-16-5-1-2-6-17(16)23-24-20)25-9-3-4-15(13-25)22-14-7-8-18-19(12-14)28-11-10-27-18/h7-8,12,15-17,20,22-24H,1-6,9-11,13H2. The lowest BCUT2D eigenvalue weighted by Gasteiger charge is -2.36. The van der Waals surface area contributed by atoms with Gasteiger partial charge in [-0.2, -0.15) is 0 Å². The fourth-order valence-electron chi connectivity index (χ4n) is 5.15. The van der Waals surface area contributed by atoms with E-state index in [-0.39, 0.29) is 18.0 Å². The predicted octanol–water partition coefficient (Wildman–Crippen LogP) is 1.90. The second-order valence-electron chi connectivity index (χ2n) is 8.45. The van der Waals surface area contributed by atoms with Crippen LogP contribution in [0.2, 0.25) is 0 Å². The zero-order chi connectivity index (χ0) is 18.9. The van der Waals surface area contributed by atoms with Gasteiger partial charge in [-0.25, -0.2) is 5.43 Å². The molecule has 28 heavy (non-hydrogen) atoms. The molecule has 7 nitrogen and oxygen atoms in total. The highest BCUT2D eigenvalue weighted by molar-refractivity contribution is 5.83. The number of hydrogen-bond donors (Lipinski definition) is 3. The molecule has 0 aromatic heterocycles. The van der Waals surface area contributed by atoms with E-state index in [9.17, 15) is 4.79 Å². The van der Waals surface area contributed by atoms with Crippen LogP contribution in [-0.4, -0.2) is 55.2 Å². The number of hydrogen-bond acceptors (Lipinski definition) is 6. The van der Waals surface area contributed by atoms with Gasteiger partial charge in [0, 0.05) is 42.8 Å². The lowest BCUT2D eigenvalue weighted by molar-refractivity contribution is -0.135. The van der Waals surface area contributed by atoms with Gasteiger partial charge in [-0.15, -0.1) is 0 Å². The first kappa shape index (κ1) is 18.1. The minimum Gasteiger partial charge on any atom is -0.486 e. The second kappa shape index (κ2) is 7.79. The Labute approximate surface area is 166 Å². The molecule has 7 heteroatoms. The Morgan fingerprint density at radius 3 is 2.82 bits per heavy atom. The van der Waals surface area contributed by atoms with Crippen LogP contribution in [0, 0.1) is 5.92 Å². The number of likely N-dealkylation sites (tertiary alicyclic amines) is 1. The molecule has 0 bridgehead atoms. The Morgan fingerprint density at radius 2 is 1.89 bits per heavy atom. The molecule has 3 aliphatic heterocycles. The Kier molecular flexibility index (Phi) is 5.03. The van der Waals surface area contributed by atoms with Gasteiger partial charge in [0.05, 0.1) is 0 Å². The molecule has 4 aliphatic rings. The second-order valence-corrected chi connectivity index (χ2v) is 8.45. The van der Waals surface area contributed by atoms with Gasteiger partial charge < -0.3 is 19.7 Å². The molecule has 4 atom stereocenters. The van der Waals surface area contributed by atoms with Crippen molar-refractivity contribution >= 4 is 11.6 Å². The summed E-state index contributed by atoms with van der Waals surface area (Å²) in [6, 6.07) is 6.64. The number of fused-ring (bicyclic) bond motifs is 2. The first-order chi connectivity index (χ1) is 13.8. The maximum Gasteiger partial charge on any atom is 0.241 e. The van der Waals surface area contributed by atoms with E-state index in [1.165, 1.54) is 19.3 Å². The van der Waals surface area contributed by atoms with Crippen molar-refractivity contribution in [2.45, 2.75) is 56.7 Å². The van der Waals surface area contributed by atoms with Crippen LogP contribution < -0.4 is 25.6 Å². The maximum atomic E-state index is 13.2. The summed E-state index contributed by atoms with van der Waals surface area (Å²) in [5.41, 5.74) is 7.70. The van der Waals surface area contributed by atoms with E-state index >= 15 is 0 Å². The lowest BCUT2D eigenvalue weighted by Crippen LogP contribution is -2.53. The SMILES string of the molecule is O=C(C1NNC2CCCCC21)N1CCCC(Nc2ccc3c(c2)OCCO3)C1. The Balaban J connectivity index is 1.22. The molecule has 1 aromatic rings. The van der Waals surface area contributed by atoms with Crippen LogP contribution in [0.15, 0.2) is 18.2 Å². The molecule has 1 aliphatic carbocycles. The first-order valence-electron chi connectivity index (χ1n) is 10.7. The van der Waals surface area contributed by atoms with Crippen molar-refractivity contribution in [2.24, 2.45) is 5.92 Å². The third-order valence-corrected chi connectivity index (χ3v) is 6.58. The molecule has 5 rings (SSSR count). The number of rotatable bonds is 3. The number of hydrazine groups is 1. The Hall–Kier alpha value is -1.99. The van der Waals surface area contributed by atoms with Crippen LogP contribution in [0.25, 0.3) is 0 Å². The average Bonchev–Trinajstić information content (AvgIpc) is 3.17. The molecular weight excluding hydrogens is 356 g/mol. The summed E-state index contributed by atoms with van der Waals surface area (Å²) in [7, 11) is 0. The monoisotopic (exact) mass is 386 g/mol. The maximum absolute atomic E-state index is 13.2. The third kappa shape index (κ3) is 3.53. The van der Waals surface area contributed by atoms with Gasteiger partial charge in [0.25, 0.3) is 0 Å². The summed E-state index contributed by atoms with van der Waals surface area (Å²) < 4.78 is 11.3. The van der Waals surface area contributed by atoms with E-state index < -0.39 is 0 Å². The number of ether oxygens (including phenoxy) is 2. The van der Waals surface area contributed by atoms with Crippen LogP contribution in [0.3, 0.4) is 0 Å². The largest absolute Gasteiger partial charge is 0.486 e. The summed E-state index contributed by atoms with van der Waals surface area (Å²) in [4.78, 5) is 15.3. The number of nitrogens with zero attached hydrogens (tertiary/aromatic N) is 1. The summed E-state index contributed by atoms with van der Waals surface area (Å²) in [6.45, 7) is 2.80. The molecule has 152 valence electrons. The van der Waals surface area contributed by atoms with Gasteiger partial charge >= 0.3 is 0 Å². The zero-order valence-corrected chi connectivity index (χ0v) is 16.3. The minimum absolute atomic E-state index is 0.0710. The van der Waals surface area contributed by atoms with Crippen molar-refractivity contribution in [2.75, 3.05) is 31.6 Å². The van der Waals surface area contributed by atoms with Gasteiger partial charge in [-0.3, -0.25) is 10.2 Å². The van der Waals surface area contributed by atoms with E-state index in [2.05, 4.69) is 21.1 Å². The van der Waals surface area contributed by atoms with E-state index in [1.807, 2.05) is 18.2 Å². The highest BCUT2D eigenvalue weighted by atomic mass is 16.6. The predicted molar refractivity (Wildman–Crippen MR) is 106 cm³/mol. The van der Waals surface area contributed by atoms with Crippen molar-refractivity contribution < 1.29 is 14.3 Å². The fraction of sp³-hybridized carbons (Fsp3) is 0.667. The molecule has 0 radical (unpaired) electrons. The van der Waals surface area contributed by atoms with E-state index in [0.717, 1.165) is 49.5 Å². The summed E-state index contributed by atoms with van der Waals surface area (Å²) in [6.07, 6.45) is 6.93. The molecule has 3 N–H and O–H groups in total. The van der Waals surface area contributed by atoms with Gasteiger partial charge in [0.15, 0.2) is 11.5 Å². The van der Waals surface area contributed by atoms with Crippen molar-refractivity contribution in [1.29, 1.82) is 0 Å². The Bertz CT molecular complexity index is 728. The molecule has 0 spiro atoms. The minimum atomic E-state index is -0.0710. The average molecular weight is 386 g/mol. The Morgan fingerprint density at radius 1 is 1.04 bits per heavy atom. The molecule has 2 saturated heterocycles. The van der Waals surface area contributed by atoms with Gasteiger partial charge in [-0.05, 0) is 37.8 Å². The number of nitrogens with one attached hydrogen (secondary N) is 3. The molecular formula is C21H30N4O3. The quantitative estimate of drug-likeness (QED) is 0.737. The molecule has 3 heterocycles. The summed E-state index contributed by atoms with van der Waals surface area (Å²) in [5.74, 6) is 2.30. The first-order valence-corrected chi connectivity index (χ1v) is 10.7. The number of carbonyl (C=O) groups is 1. The third-order valence-electron chi connectivity index (χ3n) is 6.58. The lowest BCUT2D eigenvalue weighted by atomic mass is 9.81. The highest BCUT2D eigenvalue weighted by Crippen LogP contribution is 2.34. The molecule has 1 amide bonds. The van der Waals surface area contributed by atoms with Crippen molar-refractivity contribution in [1.82, 2.24) is 15.8 Å². The normalized spacial score (nSPS) is 31.9. The van der Waals surface area contributed by atoms with E-state index in [1.54, 1.807) is 0 Å². The molecule has 3 fully saturated rings. The topological polar surface area (TPSA) is 74.9 Å². The summed E-state index contributed by atoms with van der Waals surface area (Å²) in [5, 5.41) is 3.60. The van der Waals surface area contributed by atoms with Gasteiger partial charge in [0.1, 0.15) is 19.3 Å². The highest BCUT2D eigenvalue weighted by Gasteiger charge is 2.43. The van der Waals surface area contributed by atoms with Crippen LogP contribution in [0.1, 0.15) is 38.5 Å². The van der Waals surface area contributed by atoms with E-state index in [0.29, 0.717) is 25.2 Å². The smallest absolute Gasteiger partial charge is 0.241 e.